The van der Waals surface area contributed by atoms with E-state index in [1.54, 1.807) is 0 Å². The number of carbonyl (C=O) groups excluding carboxylic acids is 1. The fourth-order valence-electron chi connectivity index (χ4n) is 1.31. The van der Waals surface area contributed by atoms with E-state index in [4.69, 9.17) is 4.74 Å². The molecular formula is C12H16O2. The lowest BCUT2D eigenvalue weighted by atomic mass is 10.1. The summed E-state index contributed by atoms with van der Waals surface area (Å²) in [6, 6.07) is 0. The number of cyclic esters (lactones) is 1. The number of hydrogen-bond donors (Lipinski definition) is 0. The van der Waals surface area contributed by atoms with Crippen LogP contribution in [0.1, 0.15) is 27.2 Å². The van der Waals surface area contributed by atoms with Crippen LogP contribution in [0.4, 0.5) is 0 Å². The Morgan fingerprint density at radius 1 is 1.43 bits per heavy atom. The summed E-state index contributed by atoms with van der Waals surface area (Å²) in [4.78, 5) is 10.9. The van der Waals surface area contributed by atoms with E-state index in [1.807, 2.05) is 25.2 Å². The minimum atomic E-state index is -0.121. The third-order valence-corrected chi connectivity index (χ3v) is 2.07. The van der Waals surface area contributed by atoms with Crippen molar-refractivity contribution in [3.05, 3.63) is 34.9 Å². The van der Waals surface area contributed by atoms with Gasteiger partial charge >= 0.3 is 5.97 Å². The van der Waals surface area contributed by atoms with Gasteiger partial charge < -0.3 is 4.74 Å². The molecule has 0 aromatic rings. The van der Waals surface area contributed by atoms with Gasteiger partial charge in [-0.15, -0.1) is 0 Å². The number of allylic oxidation sites excluding steroid dienone is 5. The minimum Gasteiger partial charge on any atom is -0.461 e. The molecule has 2 heteroatoms. The van der Waals surface area contributed by atoms with Crippen LogP contribution in [0.25, 0.3) is 0 Å². The number of rotatable bonds is 2. The third kappa shape index (κ3) is 2.87. The summed E-state index contributed by atoms with van der Waals surface area (Å²) in [6.07, 6.45) is 6.52. The van der Waals surface area contributed by atoms with Crippen LogP contribution in [0, 0.1) is 0 Å². The van der Waals surface area contributed by atoms with Gasteiger partial charge in [0.15, 0.2) is 0 Å². The molecule has 0 aromatic heterocycles. The lowest BCUT2D eigenvalue weighted by molar-refractivity contribution is -0.137. The topological polar surface area (TPSA) is 26.3 Å². The summed E-state index contributed by atoms with van der Waals surface area (Å²) < 4.78 is 4.87. The molecule has 0 N–H and O–H groups in total. The first-order valence-electron chi connectivity index (χ1n) is 4.78. The smallest absolute Gasteiger partial charge is 0.310 e. The summed E-state index contributed by atoms with van der Waals surface area (Å²) in [5.41, 5.74) is 3.47. The lowest BCUT2D eigenvalue weighted by Gasteiger charge is -1.99. The molecule has 0 spiro atoms. The number of esters is 1. The molecule has 1 saturated heterocycles. The zero-order valence-electron chi connectivity index (χ0n) is 8.96. The molecule has 0 atom stereocenters. The molecule has 1 aliphatic rings. The maximum absolute atomic E-state index is 10.9. The van der Waals surface area contributed by atoms with Crippen LogP contribution in [0.2, 0.25) is 0 Å². The molecule has 0 radical (unpaired) electrons. The van der Waals surface area contributed by atoms with Gasteiger partial charge in [-0.3, -0.25) is 4.79 Å². The van der Waals surface area contributed by atoms with Gasteiger partial charge in [0.05, 0.1) is 6.42 Å². The van der Waals surface area contributed by atoms with E-state index in [0.717, 1.165) is 5.57 Å². The van der Waals surface area contributed by atoms with Crippen molar-refractivity contribution in [1.82, 2.24) is 0 Å². The fraction of sp³-hybridized carbons (Fsp3) is 0.417. The highest BCUT2D eigenvalue weighted by atomic mass is 16.5. The number of hydrogen-bond acceptors (Lipinski definition) is 2. The summed E-state index contributed by atoms with van der Waals surface area (Å²) in [5, 5.41) is 0. The van der Waals surface area contributed by atoms with Crippen molar-refractivity contribution in [1.29, 1.82) is 0 Å². The van der Waals surface area contributed by atoms with E-state index in [-0.39, 0.29) is 5.97 Å². The third-order valence-electron chi connectivity index (χ3n) is 2.07. The first kappa shape index (κ1) is 10.8. The van der Waals surface area contributed by atoms with E-state index in [1.165, 1.54) is 11.1 Å². The molecule has 0 bridgehead atoms. The predicted molar refractivity (Wildman–Crippen MR) is 56.8 cm³/mol. The predicted octanol–water partition coefficient (Wildman–Crippen LogP) is 2.77. The molecule has 0 aliphatic carbocycles. The summed E-state index contributed by atoms with van der Waals surface area (Å²) in [6.45, 7) is 6.55. The Kier molecular flexibility index (Phi) is 3.69. The largest absolute Gasteiger partial charge is 0.461 e. The Morgan fingerprint density at radius 2 is 2.14 bits per heavy atom. The average molecular weight is 192 g/mol. The van der Waals surface area contributed by atoms with E-state index < -0.39 is 0 Å². The lowest BCUT2D eigenvalue weighted by Crippen LogP contribution is -1.88. The molecule has 1 aliphatic heterocycles. The molecule has 1 rings (SSSR count). The second-order valence-corrected chi connectivity index (χ2v) is 3.60. The molecule has 0 aromatic carbocycles. The molecule has 0 amide bonds. The number of carbonyl (C=O) groups is 1. The van der Waals surface area contributed by atoms with Crippen LogP contribution in [-0.2, 0) is 9.53 Å². The van der Waals surface area contributed by atoms with E-state index in [2.05, 4.69) is 13.8 Å². The molecule has 2 nitrogen and oxygen atoms in total. The maximum atomic E-state index is 10.9. The van der Waals surface area contributed by atoms with Gasteiger partial charge in [-0.05, 0) is 31.9 Å². The highest BCUT2D eigenvalue weighted by Crippen LogP contribution is 2.17. The summed E-state index contributed by atoms with van der Waals surface area (Å²) in [5.74, 6) is -0.121. The first-order chi connectivity index (χ1) is 6.63. The van der Waals surface area contributed by atoms with Crippen molar-refractivity contribution >= 4 is 5.97 Å². The van der Waals surface area contributed by atoms with Crippen LogP contribution < -0.4 is 0 Å². The minimum absolute atomic E-state index is 0.121. The van der Waals surface area contributed by atoms with E-state index in [9.17, 15) is 4.79 Å². The standard InChI is InChI=1S/C12H16O2/c1-4-5-11(9(2)3)6-10-7-12(13)14-8-10/h4-6H,7-8H2,1-3H3. The van der Waals surface area contributed by atoms with Crippen LogP contribution in [0.3, 0.4) is 0 Å². The zero-order valence-corrected chi connectivity index (χ0v) is 8.96. The van der Waals surface area contributed by atoms with E-state index in [0.29, 0.717) is 13.0 Å². The van der Waals surface area contributed by atoms with Crippen LogP contribution in [0.15, 0.2) is 34.9 Å². The Morgan fingerprint density at radius 3 is 2.57 bits per heavy atom. The van der Waals surface area contributed by atoms with Gasteiger partial charge in [-0.25, -0.2) is 0 Å². The zero-order chi connectivity index (χ0) is 10.6. The summed E-state index contributed by atoms with van der Waals surface area (Å²) in [7, 11) is 0. The quantitative estimate of drug-likeness (QED) is 0.496. The maximum Gasteiger partial charge on any atom is 0.310 e. The Bertz CT molecular complexity index is 315. The fourth-order valence-corrected chi connectivity index (χ4v) is 1.31. The van der Waals surface area contributed by atoms with E-state index >= 15 is 0 Å². The monoisotopic (exact) mass is 192 g/mol. The second kappa shape index (κ2) is 4.80. The molecular weight excluding hydrogens is 176 g/mol. The molecule has 1 fully saturated rings. The van der Waals surface area contributed by atoms with Crippen molar-refractivity contribution in [2.24, 2.45) is 0 Å². The second-order valence-electron chi connectivity index (χ2n) is 3.60. The Hall–Kier alpha value is -1.31. The highest BCUT2D eigenvalue weighted by Gasteiger charge is 2.16. The average Bonchev–Trinajstić information content (AvgIpc) is 2.50. The van der Waals surface area contributed by atoms with Gasteiger partial charge in [0.25, 0.3) is 0 Å². The highest BCUT2D eigenvalue weighted by molar-refractivity contribution is 5.75. The van der Waals surface area contributed by atoms with Gasteiger partial charge in [0.2, 0.25) is 0 Å². The van der Waals surface area contributed by atoms with Gasteiger partial charge in [-0.1, -0.05) is 23.8 Å². The normalized spacial score (nSPS) is 19.1. The number of ether oxygens (including phenoxy) is 1. The molecule has 1 heterocycles. The van der Waals surface area contributed by atoms with Gasteiger partial charge in [0.1, 0.15) is 6.61 Å². The molecule has 0 saturated carbocycles. The van der Waals surface area contributed by atoms with Gasteiger partial charge in [-0.2, -0.15) is 0 Å². The molecule has 76 valence electrons. The van der Waals surface area contributed by atoms with Crippen molar-refractivity contribution in [2.45, 2.75) is 27.2 Å². The van der Waals surface area contributed by atoms with Crippen LogP contribution >= 0.6 is 0 Å². The van der Waals surface area contributed by atoms with Crippen LogP contribution in [-0.4, -0.2) is 12.6 Å². The molecule has 0 unspecified atom stereocenters. The van der Waals surface area contributed by atoms with Crippen molar-refractivity contribution < 1.29 is 9.53 Å². The van der Waals surface area contributed by atoms with Crippen LogP contribution in [0.5, 0.6) is 0 Å². The Balaban J connectivity index is 2.83. The van der Waals surface area contributed by atoms with Crippen molar-refractivity contribution in [2.75, 3.05) is 6.61 Å². The first-order valence-corrected chi connectivity index (χ1v) is 4.78. The summed E-state index contributed by atoms with van der Waals surface area (Å²) >= 11 is 0. The van der Waals surface area contributed by atoms with Gasteiger partial charge in [0, 0.05) is 0 Å². The van der Waals surface area contributed by atoms with Crippen molar-refractivity contribution in [3.8, 4) is 0 Å². The van der Waals surface area contributed by atoms with Crippen molar-refractivity contribution in [3.63, 3.8) is 0 Å². The Labute approximate surface area is 85.0 Å². The molecule has 14 heavy (non-hydrogen) atoms. The SMILES string of the molecule is CC=CC(C=C1COC(=O)C1)=C(C)C.